The highest BCUT2D eigenvalue weighted by molar-refractivity contribution is 8.17. The summed E-state index contributed by atoms with van der Waals surface area (Å²) in [6.07, 6.45) is 0.513. The van der Waals surface area contributed by atoms with Gasteiger partial charge in [0.15, 0.2) is 0 Å². The van der Waals surface area contributed by atoms with Crippen LogP contribution in [0.5, 0.6) is 0 Å². The maximum Gasteiger partial charge on any atom is 0.300 e. The minimum absolute atomic E-state index is 0.513. The summed E-state index contributed by atoms with van der Waals surface area (Å²) >= 11 is 0. The molecule has 0 aromatic heterocycles. The lowest BCUT2D eigenvalue weighted by molar-refractivity contribution is 0.420. The Balaban J connectivity index is 3.76. The van der Waals surface area contributed by atoms with E-state index in [4.69, 9.17) is 10.7 Å². The summed E-state index contributed by atoms with van der Waals surface area (Å²) in [6, 6.07) is 0. The lowest BCUT2D eigenvalue weighted by Gasteiger charge is -2.03. The summed E-state index contributed by atoms with van der Waals surface area (Å²) in [7, 11) is 4.98. The highest BCUT2D eigenvalue weighted by atomic mass is 35.7. The second kappa shape index (κ2) is 4.60. The summed E-state index contributed by atoms with van der Waals surface area (Å²) in [6.45, 7) is 0.736. The molecule has 0 saturated carbocycles. The van der Waals surface area contributed by atoms with E-state index in [0.29, 0.717) is 6.42 Å². The van der Waals surface area contributed by atoms with Gasteiger partial charge in [0.25, 0.3) is 0 Å². The fourth-order valence-corrected chi connectivity index (χ4v) is 0.855. The molecule has 64 valence electrons. The van der Waals surface area contributed by atoms with Crippen LogP contribution in [0.25, 0.3) is 0 Å². The van der Waals surface area contributed by atoms with Crippen LogP contribution < -0.4 is 0 Å². The number of rotatable bonds is 2. The maximum atomic E-state index is 10.3. The van der Waals surface area contributed by atoms with Gasteiger partial charge in [0.05, 0.1) is 0 Å². The molecule has 0 aliphatic carbocycles. The lowest BCUT2D eigenvalue weighted by Crippen LogP contribution is -2.11. The smallest absolute Gasteiger partial charge is 0.300 e. The molecule has 5 heteroatoms. The van der Waals surface area contributed by atoms with E-state index in [1.54, 1.807) is 0 Å². The van der Waals surface area contributed by atoms with Crippen LogP contribution in [0.4, 0.5) is 0 Å². The summed E-state index contributed by atoms with van der Waals surface area (Å²) in [5.41, 5.74) is 0. The molecule has 0 unspecified atom stereocenters. The van der Waals surface area contributed by atoms with Crippen molar-refractivity contribution in [1.82, 2.24) is 4.90 Å². The van der Waals surface area contributed by atoms with E-state index >= 15 is 0 Å². The van der Waals surface area contributed by atoms with Gasteiger partial charge in [0, 0.05) is 28.9 Å². The van der Waals surface area contributed by atoms with Gasteiger partial charge in [-0.1, -0.05) is 5.92 Å². The van der Waals surface area contributed by atoms with E-state index in [0.717, 1.165) is 6.54 Å². The largest absolute Gasteiger partial charge is 0.308 e. The number of hydrogen-bond donors (Lipinski definition) is 0. The third-order valence-corrected chi connectivity index (χ3v) is 1.50. The van der Waals surface area contributed by atoms with Crippen molar-refractivity contribution in [2.75, 3.05) is 20.6 Å². The van der Waals surface area contributed by atoms with Gasteiger partial charge in [-0.05, 0) is 14.1 Å². The Morgan fingerprint density at radius 2 is 2.00 bits per heavy atom. The van der Waals surface area contributed by atoms with Gasteiger partial charge in [-0.15, -0.1) is 0 Å². The minimum atomic E-state index is -3.63. The van der Waals surface area contributed by atoms with Gasteiger partial charge in [0.2, 0.25) is 0 Å². The topological polar surface area (TPSA) is 37.4 Å². The first kappa shape index (κ1) is 10.8. The second-order valence-electron chi connectivity index (χ2n) is 2.27. The molecule has 0 saturated heterocycles. The van der Waals surface area contributed by atoms with Crippen molar-refractivity contribution >= 4 is 19.7 Å². The van der Waals surface area contributed by atoms with E-state index in [9.17, 15) is 8.42 Å². The van der Waals surface area contributed by atoms with Crippen molar-refractivity contribution in [2.45, 2.75) is 6.42 Å². The predicted molar refractivity (Wildman–Crippen MR) is 45.7 cm³/mol. The van der Waals surface area contributed by atoms with Crippen LogP contribution in [0.1, 0.15) is 6.42 Å². The second-order valence-corrected chi connectivity index (χ2v) is 4.57. The standard InChI is InChI=1S/C6H10ClNO2S/c1-8(2)5-3-4-6-11(7,9)10/h3,5H2,1-2H3. The van der Waals surface area contributed by atoms with Crippen molar-refractivity contribution in [3.05, 3.63) is 0 Å². The molecule has 0 aromatic carbocycles. The Morgan fingerprint density at radius 1 is 1.45 bits per heavy atom. The van der Waals surface area contributed by atoms with E-state index < -0.39 is 9.05 Å². The molecule has 0 aliphatic rings. The van der Waals surface area contributed by atoms with E-state index in [-0.39, 0.29) is 0 Å². The highest BCUT2D eigenvalue weighted by Crippen LogP contribution is 1.91. The molecule has 0 atom stereocenters. The fourth-order valence-electron chi connectivity index (χ4n) is 0.417. The molecule has 0 aromatic rings. The van der Waals surface area contributed by atoms with Gasteiger partial charge >= 0.3 is 9.05 Å². The zero-order valence-corrected chi connectivity index (χ0v) is 8.04. The third-order valence-electron chi connectivity index (χ3n) is 0.878. The molecule has 0 radical (unpaired) electrons. The molecule has 3 nitrogen and oxygen atoms in total. The highest BCUT2D eigenvalue weighted by Gasteiger charge is 1.94. The van der Waals surface area contributed by atoms with E-state index in [2.05, 4.69) is 5.92 Å². The van der Waals surface area contributed by atoms with Gasteiger partial charge in [0.1, 0.15) is 0 Å². The normalized spacial score (nSPS) is 10.9. The number of halogens is 1. The van der Waals surface area contributed by atoms with Gasteiger partial charge in [-0.25, -0.2) is 0 Å². The molecule has 0 bridgehead atoms. The summed E-state index contributed by atoms with van der Waals surface area (Å²) in [5, 5.41) is 1.94. The molecule has 0 N–H and O–H groups in total. The first-order valence-electron chi connectivity index (χ1n) is 3.01. The van der Waals surface area contributed by atoms with Gasteiger partial charge in [-0.2, -0.15) is 8.42 Å². The van der Waals surface area contributed by atoms with Gasteiger partial charge in [-0.3, -0.25) is 0 Å². The molecule has 0 amide bonds. The summed E-state index contributed by atoms with van der Waals surface area (Å²) in [4.78, 5) is 1.91. The minimum Gasteiger partial charge on any atom is -0.308 e. The van der Waals surface area contributed by atoms with Crippen molar-refractivity contribution in [1.29, 1.82) is 0 Å². The van der Waals surface area contributed by atoms with Crippen molar-refractivity contribution in [3.63, 3.8) is 0 Å². The van der Waals surface area contributed by atoms with Gasteiger partial charge < -0.3 is 4.90 Å². The summed E-state index contributed by atoms with van der Waals surface area (Å²) < 4.78 is 20.5. The average molecular weight is 196 g/mol. The molecular weight excluding hydrogens is 186 g/mol. The molecule has 0 fully saturated rings. The van der Waals surface area contributed by atoms with Crippen LogP contribution in [-0.2, 0) is 9.05 Å². The maximum absolute atomic E-state index is 10.3. The van der Waals surface area contributed by atoms with E-state index in [1.807, 2.05) is 24.2 Å². The first-order chi connectivity index (χ1) is 4.92. The fraction of sp³-hybridized carbons (Fsp3) is 0.667. The van der Waals surface area contributed by atoms with Crippen LogP contribution in [0.15, 0.2) is 0 Å². The lowest BCUT2D eigenvalue weighted by atomic mass is 10.4. The zero-order valence-electron chi connectivity index (χ0n) is 6.46. The van der Waals surface area contributed by atoms with Crippen LogP contribution in [0.3, 0.4) is 0 Å². The zero-order chi connectivity index (χ0) is 8.91. The van der Waals surface area contributed by atoms with Crippen molar-refractivity contribution in [3.8, 4) is 11.2 Å². The Morgan fingerprint density at radius 3 is 2.36 bits per heavy atom. The third kappa shape index (κ3) is 9.76. The Bertz CT molecular complexity index is 260. The van der Waals surface area contributed by atoms with Crippen molar-refractivity contribution < 1.29 is 8.42 Å². The molecule has 0 aliphatic heterocycles. The molecule has 0 rings (SSSR count). The first-order valence-corrected chi connectivity index (χ1v) is 5.32. The number of nitrogens with zero attached hydrogens (tertiary/aromatic N) is 1. The summed E-state index contributed by atoms with van der Waals surface area (Å²) in [5.74, 6) is 2.45. The molecule has 0 spiro atoms. The van der Waals surface area contributed by atoms with Crippen LogP contribution in [-0.4, -0.2) is 34.0 Å². The van der Waals surface area contributed by atoms with Crippen LogP contribution >= 0.6 is 10.7 Å². The van der Waals surface area contributed by atoms with Crippen molar-refractivity contribution in [2.24, 2.45) is 0 Å². The van der Waals surface area contributed by atoms with E-state index in [1.165, 1.54) is 0 Å². The average Bonchev–Trinajstić information content (AvgIpc) is 1.78. The molecule has 0 heterocycles. The molecular formula is C6H10ClNO2S. The Labute approximate surface area is 71.8 Å². The molecule has 11 heavy (non-hydrogen) atoms. The SMILES string of the molecule is CN(C)CCC#CS(=O)(=O)Cl. The number of hydrogen-bond acceptors (Lipinski definition) is 3. The quantitative estimate of drug-likeness (QED) is 0.475. The Kier molecular flexibility index (Phi) is 4.50. The predicted octanol–water partition coefficient (Wildman–Crippen LogP) is 0.468. The Hall–Kier alpha value is -0.240. The monoisotopic (exact) mass is 195 g/mol. The van der Waals surface area contributed by atoms with Crippen LogP contribution in [0.2, 0.25) is 0 Å². The van der Waals surface area contributed by atoms with Crippen LogP contribution in [0, 0.1) is 11.2 Å².